The lowest BCUT2D eigenvalue weighted by atomic mass is 9.48. The Morgan fingerprint density at radius 2 is 1.66 bits per heavy atom. The van der Waals surface area contributed by atoms with Gasteiger partial charge in [0.25, 0.3) is 0 Å². The van der Waals surface area contributed by atoms with E-state index in [4.69, 9.17) is 4.74 Å². The molecule has 0 aliphatic heterocycles. The van der Waals surface area contributed by atoms with Gasteiger partial charge in [-0.1, -0.05) is 64.8 Å². The van der Waals surface area contributed by atoms with Crippen LogP contribution in [0, 0.1) is 39.4 Å². The lowest BCUT2D eigenvalue weighted by Crippen LogP contribution is -2.50. The molecular formula is C31H46O4. The molecule has 0 amide bonds. The van der Waals surface area contributed by atoms with Gasteiger partial charge in [0.05, 0.1) is 13.0 Å². The Morgan fingerprint density at radius 3 is 2.31 bits per heavy atom. The summed E-state index contributed by atoms with van der Waals surface area (Å²) < 4.78 is 4.83. The van der Waals surface area contributed by atoms with Crippen LogP contribution in [0.15, 0.2) is 23.3 Å². The Hall–Kier alpha value is -1.71. The van der Waals surface area contributed by atoms with Crippen LogP contribution in [0.5, 0.6) is 0 Å². The highest BCUT2D eigenvalue weighted by atomic mass is 16.5. The molecule has 6 atom stereocenters. The third kappa shape index (κ3) is 3.63. The molecule has 4 heteroatoms. The number of ether oxygens (including phenoxy) is 1. The quantitative estimate of drug-likeness (QED) is 0.301. The van der Waals surface area contributed by atoms with Crippen LogP contribution >= 0.6 is 0 Å². The molecule has 0 N–H and O–H groups in total. The molecule has 0 radical (unpaired) electrons. The van der Waals surface area contributed by atoms with Gasteiger partial charge in [0, 0.05) is 30.1 Å². The van der Waals surface area contributed by atoms with Gasteiger partial charge in [-0.15, -0.1) is 0 Å². The van der Waals surface area contributed by atoms with Crippen molar-refractivity contribution in [1.29, 1.82) is 0 Å². The van der Waals surface area contributed by atoms with E-state index < -0.39 is 5.92 Å². The second-order valence-corrected chi connectivity index (χ2v) is 13.3. The molecule has 0 aromatic heterocycles. The normalized spacial score (nSPS) is 37.7. The van der Waals surface area contributed by atoms with Crippen LogP contribution in [0.25, 0.3) is 0 Å². The second-order valence-electron chi connectivity index (χ2n) is 13.3. The molecule has 2 saturated carbocycles. The average Bonchev–Trinajstić information content (AvgIpc) is 3.32. The maximum absolute atomic E-state index is 13.0. The number of esters is 1. The SMILES string of the molecule is C=C1CCC(C)(C(C)CC(=O)CC(C)C(=O)OC)C12CCC1=C2CCC2C(C)(C)C(=O)CCC12C. The highest BCUT2D eigenvalue weighted by Crippen LogP contribution is 2.73. The molecule has 0 saturated heterocycles. The number of allylic oxidation sites excluding steroid dienone is 3. The Bertz CT molecular complexity index is 986. The molecule has 4 aliphatic carbocycles. The van der Waals surface area contributed by atoms with Crippen LogP contribution in [0.2, 0.25) is 0 Å². The standard InChI is InChI=1S/C31H46O4/c1-19(27(34)35-8)17-22(32)18-21(3)30(7)15-11-20(2)31(30)16-12-23-24(31)9-10-25-28(4,5)26(33)13-14-29(23,25)6/h19,21,25H,2,9-18H2,1,3-8H3. The zero-order chi connectivity index (χ0) is 26.0. The van der Waals surface area contributed by atoms with Gasteiger partial charge in [0.1, 0.15) is 11.6 Å². The van der Waals surface area contributed by atoms with Gasteiger partial charge in [0.2, 0.25) is 0 Å². The van der Waals surface area contributed by atoms with Gasteiger partial charge in [-0.3, -0.25) is 14.4 Å². The molecule has 2 fully saturated rings. The van der Waals surface area contributed by atoms with Crippen molar-refractivity contribution in [1.82, 2.24) is 0 Å². The molecule has 194 valence electrons. The summed E-state index contributed by atoms with van der Waals surface area (Å²) in [5, 5.41) is 0. The van der Waals surface area contributed by atoms with Crippen molar-refractivity contribution in [3.8, 4) is 0 Å². The first-order valence-corrected chi connectivity index (χ1v) is 13.8. The number of carbonyl (C=O) groups is 3. The Labute approximate surface area is 212 Å². The number of fused-ring (bicyclic) bond motifs is 3. The number of carbonyl (C=O) groups excluding carboxylic acids is 3. The van der Waals surface area contributed by atoms with Gasteiger partial charge in [-0.2, -0.15) is 0 Å². The summed E-state index contributed by atoms with van der Waals surface area (Å²) in [5.74, 6) is 0.492. The zero-order valence-corrected chi connectivity index (χ0v) is 23.1. The molecule has 1 spiro atoms. The first kappa shape index (κ1) is 26.4. The molecule has 6 unspecified atom stereocenters. The van der Waals surface area contributed by atoms with Crippen molar-refractivity contribution < 1.29 is 19.1 Å². The van der Waals surface area contributed by atoms with Crippen LogP contribution in [0.4, 0.5) is 0 Å². The van der Waals surface area contributed by atoms with Crippen molar-refractivity contribution in [2.75, 3.05) is 7.11 Å². The van der Waals surface area contributed by atoms with Crippen molar-refractivity contribution in [2.45, 2.75) is 106 Å². The molecule has 0 bridgehead atoms. The van der Waals surface area contributed by atoms with Crippen LogP contribution in [-0.2, 0) is 19.1 Å². The van der Waals surface area contributed by atoms with Crippen LogP contribution in [0.3, 0.4) is 0 Å². The third-order valence-corrected chi connectivity index (χ3v) is 11.5. The van der Waals surface area contributed by atoms with Crippen LogP contribution < -0.4 is 0 Å². The predicted molar refractivity (Wildman–Crippen MR) is 139 cm³/mol. The second kappa shape index (κ2) is 8.70. The molecule has 4 rings (SSSR count). The fourth-order valence-corrected chi connectivity index (χ4v) is 9.26. The number of ketones is 2. The van der Waals surface area contributed by atoms with Gasteiger partial charge in [-0.05, 0) is 67.6 Å². The predicted octanol–water partition coefficient (Wildman–Crippen LogP) is 7.02. The minimum absolute atomic E-state index is 0.0193. The van der Waals surface area contributed by atoms with Crippen molar-refractivity contribution >= 4 is 17.5 Å². The van der Waals surface area contributed by atoms with E-state index in [1.165, 1.54) is 12.7 Å². The van der Waals surface area contributed by atoms with Gasteiger partial charge < -0.3 is 4.74 Å². The third-order valence-electron chi connectivity index (χ3n) is 11.5. The molecule has 0 aromatic rings. The molecule has 4 nitrogen and oxygen atoms in total. The molecular weight excluding hydrogens is 436 g/mol. The van der Waals surface area contributed by atoms with Gasteiger partial charge in [-0.25, -0.2) is 0 Å². The molecule has 0 aromatic carbocycles. The van der Waals surface area contributed by atoms with E-state index in [0.29, 0.717) is 24.5 Å². The summed E-state index contributed by atoms with van der Waals surface area (Å²) in [6.45, 7) is 17.9. The Balaban J connectivity index is 1.66. The lowest BCUT2D eigenvalue weighted by molar-refractivity contribution is -0.146. The largest absolute Gasteiger partial charge is 0.469 e. The molecule has 0 heterocycles. The van der Waals surface area contributed by atoms with Gasteiger partial charge in [0.15, 0.2) is 0 Å². The van der Waals surface area contributed by atoms with E-state index in [9.17, 15) is 14.4 Å². The highest BCUT2D eigenvalue weighted by molar-refractivity contribution is 5.86. The fourth-order valence-electron chi connectivity index (χ4n) is 9.26. The van der Waals surface area contributed by atoms with Crippen molar-refractivity contribution in [2.24, 2.45) is 39.4 Å². The fraction of sp³-hybridized carbons (Fsp3) is 0.774. The van der Waals surface area contributed by atoms with Crippen LogP contribution in [-0.4, -0.2) is 24.6 Å². The number of Topliss-reactive ketones (excluding diaryl/α,β-unsaturated/α-hetero) is 2. The van der Waals surface area contributed by atoms with Crippen LogP contribution in [0.1, 0.15) is 106 Å². The lowest BCUT2D eigenvalue weighted by Gasteiger charge is -2.55. The number of methoxy groups -OCH3 is 1. The first-order valence-electron chi connectivity index (χ1n) is 13.8. The molecule has 35 heavy (non-hydrogen) atoms. The van der Waals surface area contributed by atoms with Crippen molar-refractivity contribution in [3.63, 3.8) is 0 Å². The average molecular weight is 483 g/mol. The highest BCUT2D eigenvalue weighted by Gasteiger charge is 2.64. The van der Waals surface area contributed by atoms with E-state index in [2.05, 4.69) is 41.2 Å². The molecule has 4 aliphatic rings. The summed E-state index contributed by atoms with van der Waals surface area (Å²) in [6.07, 6.45) is 8.81. The van der Waals surface area contributed by atoms with E-state index in [-0.39, 0.29) is 45.8 Å². The first-order chi connectivity index (χ1) is 16.3. The Morgan fingerprint density at radius 1 is 0.971 bits per heavy atom. The number of hydrogen-bond donors (Lipinski definition) is 0. The zero-order valence-electron chi connectivity index (χ0n) is 23.1. The van der Waals surface area contributed by atoms with E-state index >= 15 is 0 Å². The summed E-state index contributed by atoms with van der Waals surface area (Å²) in [6, 6.07) is 0. The summed E-state index contributed by atoms with van der Waals surface area (Å²) in [5.41, 5.74) is 4.39. The van der Waals surface area contributed by atoms with E-state index in [1.807, 2.05) is 0 Å². The number of rotatable bonds is 6. The van der Waals surface area contributed by atoms with E-state index in [0.717, 1.165) is 44.9 Å². The van der Waals surface area contributed by atoms with Gasteiger partial charge >= 0.3 is 5.97 Å². The smallest absolute Gasteiger partial charge is 0.308 e. The maximum Gasteiger partial charge on any atom is 0.308 e. The van der Waals surface area contributed by atoms with Crippen molar-refractivity contribution in [3.05, 3.63) is 23.3 Å². The minimum Gasteiger partial charge on any atom is -0.469 e. The monoisotopic (exact) mass is 482 g/mol. The topological polar surface area (TPSA) is 60.4 Å². The summed E-state index contributed by atoms with van der Waals surface area (Å²) >= 11 is 0. The summed E-state index contributed by atoms with van der Waals surface area (Å²) in [4.78, 5) is 37.7. The number of hydrogen-bond acceptors (Lipinski definition) is 4. The minimum atomic E-state index is -0.395. The Kier molecular flexibility index (Phi) is 6.55. The van der Waals surface area contributed by atoms with E-state index in [1.54, 1.807) is 18.1 Å². The maximum atomic E-state index is 13.0. The summed E-state index contributed by atoms with van der Waals surface area (Å²) in [7, 11) is 1.38.